The molecule has 5 unspecified atom stereocenters. The van der Waals surface area contributed by atoms with E-state index in [0.717, 1.165) is 70.6 Å². The van der Waals surface area contributed by atoms with Gasteiger partial charge in [-0.1, -0.05) is 45.4 Å². The summed E-state index contributed by atoms with van der Waals surface area (Å²) >= 11 is 0. The second kappa shape index (κ2) is 14.2. The molecule has 10 heteroatoms. The number of carbonyl (C=O) groups excluding carboxylic acids is 2. The Kier molecular flexibility index (Phi) is 10.3. The maximum absolute atomic E-state index is 15.7. The molecule has 2 amide bonds. The van der Waals surface area contributed by atoms with Gasteiger partial charge in [0.25, 0.3) is 0 Å². The van der Waals surface area contributed by atoms with Gasteiger partial charge in [-0.25, -0.2) is 8.78 Å². The lowest BCUT2D eigenvalue weighted by molar-refractivity contribution is -0.120. The van der Waals surface area contributed by atoms with Crippen LogP contribution in [0.1, 0.15) is 84.0 Å². The Labute approximate surface area is 267 Å². The normalized spacial score (nSPS) is 34.1. The Morgan fingerprint density at radius 1 is 0.956 bits per heavy atom. The summed E-state index contributed by atoms with van der Waals surface area (Å²) < 4.78 is 30.7. The maximum Gasteiger partial charge on any atom is 0.241 e. The Morgan fingerprint density at radius 2 is 1.67 bits per heavy atom. The smallest absolute Gasteiger partial charge is 0.241 e. The van der Waals surface area contributed by atoms with E-state index in [2.05, 4.69) is 32.3 Å². The highest BCUT2D eigenvalue weighted by atomic mass is 19.1. The summed E-state index contributed by atoms with van der Waals surface area (Å²) in [6.45, 7) is 7.56. The van der Waals surface area contributed by atoms with Crippen LogP contribution in [0.4, 0.5) is 20.2 Å². The second-order valence-corrected chi connectivity index (χ2v) is 14.7. The second-order valence-electron chi connectivity index (χ2n) is 14.7. The van der Waals surface area contributed by atoms with Crippen LogP contribution in [0.15, 0.2) is 18.2 Å². The van der Waals surface area contributed by atoms with E-state index in [1.165, 1.54) is 44.6 Å². The number of nitrogens with one attached hydrogen (secondary N) is 2. The van der Waals surface area contributed by atoms with Crippen molar-refractivity contribution in [3.63, 3.8) is 0 Å². The van der Waals surface area contributed by atoms with Gasteiger partial charge in [0.2, 0.25) is 11.8 Å². The number of anilines is 2. The van der Waals surface area contributed by atoms with Crippen molar-refractivity contribution in [2.75, 3.05) is 56.0 Å². The molecule has 0 spiro atoms. The largest absolute Gasteiger partial charge is 0.370 e. The minimum Gasteiger partial charge on any atom is -0.370 e. The van der Waals surface area contributed by atoms with Crippen molar-refractivity contribution in [1.82, 2.24) is 15.1 Å². The molecular formula is C35H54F2N6O2. The van der Waals surface area contributed by atoms with Crippen LogP contribution in [-0.4, -0.2) is 91.2 Å². The number of nitrogens with zero attached hydrogens (tertiary/aromatic N) is 3. The van der Waals surface area contributed by atoms with Crippen LogP contribution in [0.2, 0.25) is 0 Å². The molecule has 45 heavy (non-hydrogen) atoms. The third-order valence-electron chi connectivity index (χ3n) is 12.0. The number of hydrogen-bond acceptors (Lipinski definition) is 6. The van der Waals surface area contributed by atoms with Crippen LogP contribution in [-0.2, 0) is 9.59 Å². The minimum absolute atomic E-state index is 0.162. The molecule has 0 radical (unpaired) electrons. The molecule has 2 aliphatic carbocycles. The van der Waals surface area contributed by atoms with Gasteiger partial charge in [-0.2, -0.15) is 0 Å². The van der Waals surface area contributed by atoms with Gasteiger partial charge in [-0.3, -0.25) is 24.7 Å². The van der Waals surface area contributed by atoms with E-state index in [1.54, 1.807) is 6.07 Å². The topological polar surface area (TPSA) is 93.9 Å². The first-order valence-corrected chi connectivity index (χ1v) is 17.8. The Hall–Kier alpha value is -2.30. The third kappa shape index (κ3) is 7.18. The van der Waals surface area contributed by atoms with Crippen molar-refractivity contribution < 1.29 is 18.4 Å². The molecule has 3 saturated heterocycles. The zero-order valence-corrected chi connectivity index (χ0v) is 27.1. The zero-order chi connectivity index (χ0) is 31.6. The molecule has 5 fully saturated rings. The number of benzene rings is 1. The Balaban J connectivity index is 1.11. The molecule has 3 heterocycles. The van der Waals surface area contributed by atoms with Crippen LogP contribution in [0.3, 0.4) is 0 Å². The van der Waals surface area contributed by atoms with Crippen molar-refractivity contribution in [3.05, 3.63) is 24.0 Å². The Bertz CT molecular complexity index is 1180. The van der Waals surface area contributed by atoms with Crippen molar-refractivity contribution in [2.24, 2.45) is 23.5 Å². The van der Waals surface area contributed by atoms with Crippen LogP contribution >= 0.6 is 0 Å². The molecule has 0 aromatic heterocycles. The number of carbonyl (C=O) groups is 2. The molecule has 3 aliphatic heterocycles. The summed E-state index contributed by atoms with van der Waals surface area (Å²) in [5.74, 6) is -0.326. The van der Waals surface area contributed by atoms with E-state index in [1.807, 2.05) is 6.07 Å². The number of piperazine rings is 1. The fraction of sp³-hybridized carbons (Fsp3) is 0.771. The summed E-state index contributed by atoms with van der Waals surface area (Å²) in [6.07, 6.45) is 11.6. The van der Waals surface area contributed by atoms with Gasteiger partial charge in [0, 0.05) is 68.1 Å². The molecule has 1 aromatic carbocycles. The monoisotopic (exact) mass is 628 g/mol. The average Bonchev–Trinajstić information content (AvgIpc) is 3.69. The third-order valence-corrected chi connectivity index (χ3v) is 12.0. The lowest BCUT2D eigenvalue weighted by Gasteiger charge is -2.51. The number of fused-ring (bicyclic) bond motifs is 1. The van der Waals surface area contributed by atoms with Gasteiger partial charge < -0.3 is 16.0 Å². The zero-order valence-electron chi connectivity index (χ0n) is 27.1. The number of primary amides is 1. The van der Waals surface area contributed by atoms with Crippen LogP contribution in [0.25, 0.3) is 0 Å². The number of amides is 2. The number of hydrogen-bond donors (Lipinski definition) is 3. The first-order chi connectivity index (χ1) is 21.7. The molecule has 8 nitrogen and oxygen atoms in total. The fourth-order valence-electron chi connectivity index (χ4n) is 9.67. The molecular weight excluding hydrogens is 574 g/mol. The first-order valence-electron chi connectivity index (χ1n) is 17.8. The van der Waals surface area contributed by atoms with E-state index < -0.39 is 12.2 Å². The number of nitrogens with two attached hydrogens (primary N) is 1. The predicted octanol–water partition coefficient (Wildman–Crippen LogP) is 4.68. The minimum atomic E-state index is -0.894. The summed E-state index contributed by atoms with van der Waals surface area (Å²) in [5, 5.41) is 6.83. The molecule has 250 valence electrons. The van der Waals surface area contributed by atoms with E-state index in [9.17, 15) is 14.0 Å². The highest BCUT2D eigenvalue weighted by Crippen LogP contribution is 2.53. The van der Waals surface area contributed by atoms with E-state index in [-0.39, 0.29) is 29.1 Å². The standard InChI is InChI=1S/C35H54F2N6O2/c1-24-10-11-31(37)30-21-32(40-35(24,30)25-8-6-4-2-3-5-7-9-25)34(45)39-27-18-26(36)19-29(20-27)43-13-12-28(22-43)42-16-14-41(15-17-42)23-33(38)44/h18-20,24-25,28,30-32,40H,2-17,21-23H2,1H3,(H2,38,44)(H,39,45)/t24?,28-,30?,31?,32?,35?/m0/s1. The number of rotatable bonds is 7. The van der Waals surface area contributed by atoms with Crippen molar-refractivity contribution in [1.29, 1.82) is 0 Å². The summed E-state index contributed by atoms with van der Waals surface area (Å²) in [7, 11) is 0. The molecule has 0 bridgehead atoms. The molecule has 4 N–H and O–H groups in total. The van der Waals surface area contributed by atoms with Crippen LogP contribution < -0.4 is 21.3 Å². The number of alkyl halides is 1. The molecule has 6 rings (SSSR count). The highest BCUT2D eigenvalue weighted by Gasteiger charge is 2.59. The maximum atomic E-state index is 15.7. The van der Waals surface area contributed by atoms with E-state index in [0.29, 0.717) is 43.0 Å². The van der Waals surface area contributed by atoms with E-state index >= 15 is 4.39 Å². The molecule has 5 aliphatic rings. The van der Waals surface area contributed by atoms with E-state index in [4.69, 9.17) is 5.73 Å². The molecule has 6 atom stereocenters. The van der Waals surface area contributed by atoms with Gasteiger partial charge in [0.15, 0.2) is 0 Å². The quantitative estimate of drug-likeness (QED) is 0.406. The fourth-order valence-corrected chi connectivity index (χ4v) is 9.67. The summed E-state index contributed by atoms with van der Waals surface area (Å²) in [6, 6.07) is 4.69. The van der Waals surface area contributed by atoms with Crippen molar-refractivity contribution >= 4 is 23.2 Å². The average molecular weight is 629 g/mol. The summed E-state index contributed by atoms with van der Waals surface area (Å²) in [5.41, 5.74) is 6.24. The first kappa shape index (κ1) is 32.6. The lowest BCUT2D eigenvalue weighted by atomic mass is 9.59. The highest BCUT2D eigenvalue weighted by molar-refractivity contribution is 5.95. The molecule has 1 aromatic rings. The van der Waals surface area contributed by atoms with Crippen molar-refractivity contribution in [3.8, 4) is 0 Å². The van der Waals surface area contributed by atoms with Crippen LogP contribution in [0.5, 0.6) is 0 Å². The summed E-state index contributed by atoms with van der Waals surface area (Å²) in [4.78, 5) is 31.8. The van der Waals surface area contributed by atoms with Crippen molar-refractivity contribution in [2.45, 2.75) is 108 Å². The predicted molar refractivity (Wildman–Crippen MR) is 174 cm³/mol. The van der Waals surface area contributed by atoms with Gasteiger partial charge in [0.05, 0.1) is 12.6 Å². The molecule has 2 saturated carbocycles. The SMILES string of the molecule is CC1CCC(F)C2CC(C(=O)Nc3cc(F)cc(N4CC[C@H](N5CCN(CC(N)=O)CC5)C4)c3)NC12C1CCCCCCCC1. The van der Waals surface area contributed by atoms with Gasteiger partial charge in [-0.15, -0.1) is 0 Å². The lowest BCUT2D eigenvalue weighted by Crippen LogP contribution is -2.62. The van der Waals surface area contributed by atoms with Gasteiger partial charge >= 0.3 is 0 Å². The number of halogens is 2. The van der Waals surface area contributed by atoms with Gasteiger partial charge in [-0.05, 0) is 68.6 Å². The van der Waals surface area contributed by atoms with Crippen LogP contribution in [0, 0.1) is 23.6 Å². The van der Waals surface area contributed by atoms with Gasteiger partial charge in [0.1, 0.15) is 12.0 Å². The Morgan fingerprint density at radius 3 is 2.38 bits per heavy atom.